The topological polar surface area (TPSA) is 81.4 Å². The summed E-state index contributed by atoms with van der Waals surface area (Å²) in [6, 6.07) is 4.07. The number of benzene rings is 1. The number of primary amides is 1. The van der Waals surface area contributed by atoms with E-state index in [0.29, 0.717) is 5.56 Å². The molecule has 0 aliphatic heterocycles. The van der Waals surface area contributed by atoms with Crippen molar-refractivity contribution in [1.82, 2.24) is 0 Å². The molecule has 6 heteroatoms. The molecule has 0 fully saturated rings. The first kappa shape index (κ1) is 12.0. The Hall–Kier alpha value is -2.11. The first-order valence-corrected chi connectivity index (χ1v) is 4.47. The van der Waals surface area contributed by atoms with Crippen LogP contribution in [0.2, 0.25) is 0 Å². The van der Waals surface area contributed by atoms with E-state index in [-0.39, 0.29) is 18.2 Å². The molecule has 0 aliphatic carbocycles. The smallest absolute Gasteiger partial charge is 0.404 e. The highest BCUT2D eigenvalue weighted by Gasteiger charge is 2.05. The predicted octanol–water partition coefficient (Wildman–Crippen LogP) is 1.38. The second-order valence-electron chi connectivity index (χ2n) is 3.10. The highest BCUT2D eigenvalue weighted by Crippen LogP contribution is 2.16. The molecular weight excluding hydrogens is 215 g/mol. The van der Waals surface area contributed by atoms with Crippen LogP contribution in [0.3, 0.4) is 0 Å². The van der Waals surface area contributed by atoms with Crippen LogP contribution < -0.4 is 11.1 Å². The van der Waals surface area contributed by atoms with Crippen molar-refractivity contribution in [2.75, 3.05) is 5.32 Å². The summed E-state index contributed by atoms with van der Waals surface area (Å²) in [4.78, 5) is 21.0. The van der Waals surface area contributed by atoms with Gasteiger partial charge >= 0.3 is 6.09 Å². The fourth-order valence-corrected chi connectivity index (χ4v) is 1.09. The van der Waals surface area contributed by atoms with E-state index in [0.717, 1.165) is 6.07 Å². The number of nitrogens with two attached hydrogens (primary N) is 1. The molecule has 0 bridgehead atoms. The lowest BCUT2D eigenvalue weighted by Gasteiger charge is -2.06. The minimum absolute atomic E-state index is 0.0790. The van der Waals surface area contributed by atoms with Crippen LogP contribution in [0.1, 0.15) is 12.5 Å². The molecule has 0 atom stereocenters. The van der Waals surface area contributed by atoms with Crippen LogP contribution in [-0.4, -0.2) is 12.0 Å². The Labute approximate surface area is 91.4 Å². The van der Waals surface area contributed by atoms with Gasteiger partial charge in [0.1, 0.15) is 12.4 Å². The maximum absolute atomic E-state index is 13.3. The van der Waals surface area contributed by atoms with E-state index >= 15 is 0 Å². The van der Waals surface area contributed by atoms with Crippen molar-refractivity contribution in [3.05, 3.63) is 29.6 Å². The summed E-state index contributed by atoms with van der Waals surface area (Å²) in [6.07, 6.45) is -0.925. The van der Waals surface area contributed by atoms with E-state index < -0.39 is 11.9 Å². The summed E-state index contributed by atoms with van der Waals surface area (Å²) in [5.74, 6) is -0.958. The van der Waals surface area contributed by atoms with Crippen LogP contribution in [-0.2, 0) is 16.1 Å². The van der Waals surface area contributed by atoms with Crippen molar-refractivity contribution in [3.8, 4) is 0 Å². The number of hydrogen-bond acceptors (Lipinski definition) is 3. The zero-order valence-corrected chi connectivity index (χ0v) is 8.62. The lowest BCUT2D eigenvalue weighted by molar-refractivity contribution is -0.114. The molecule has 86 valence electrons. The van der Waals surface area contributed by atoms with Crippen LogP contribution >= 0.6 is 0 Å². The molecule has 1 aromatic rings. The van der Waals surface area contributed by atoms with Gasteiger partial charge in [-0.05, 0) is 17.7 Å². The van der Waals surface area contributed by atoms with Crippen molar-refractivity contribution >= 4 is 17.7 Å². The van der Waals surface area contributed by atoms with E-state index in [2.05, 4.69) is 10.1 Å². The number of rotatable bonds is 3. The summed E-state index contributed by atoms with van der Waals surface area (Å²) in [5.41, 5.74) is 5.29. The first-order valence-electron chi connectivity index (χ1n) is 4.47. The van der Waals surface area contributed by atoms with E-state index in [9.17, 15) is 14.0 Å². The molecule has 16 heavy (non-hydrogen) atoms. The number of ether oxygens (including phenoxy) is 1. The Balaban J connectivity index is 2.74. The summed E-state index contributed by atoms with van der Waals surface area (Å²) in [5, 5.41) is 2.32. The molecule has 0 aliphatic rings. The number of halogens is 1. The van der Waals surface area contributed by atoms with Crippen LogP contribution in [0, 0.1) is 5.82 Å². The van der Waals surface area contributed by atoms with Gasteiger partial charge in [-0.2, -0.15) is 0 Å². The quantitative estimate of drug-likeness (QED) is 0.816. The second-order valence-corrected chi connectivity index (χ2v) is 3.10. The molecule has 0 spiro atoms. The molecule has 0 radical (unpaired) electrons. The van der Waals surface area contributed by atoms with Crippen LogP contribution in [0.5, 0.6) is 0 Å². The van der Waals surface area contributed by atoms with Crippen LogP contribution in [0.25, 0.3) is 0 Å². The van der Waals surface area contributed by atoms with Gasteiger partial charge < -0.3 is 15.8 Å². The maximum Gasteiger partial charge on any atom is 0.404 e. The number of amides is 2. The second kappa shape index (κ2) is 5.11. The van der Waals surface area contributed by atoms with Gasteiger partial charge in [0.15, 0.2) is 0 Å². The maximum atomic E-state index is 13.3. The van der Waals surface area contributed by atoms with Gasteiger partial charge in [-0.1, -0.05) is 6.07 Å². The number of anilines is 1. The lowest BCUT2D eigenvalue weighted by atomic mass is 10.2. The first-order chi connectivity index (χ1) is 7.49. The van der Waals surface area contributed by atoms with Crippen molar-refractivity contribution in [2.45, 2.75) is 13.5 Å². The minimum atomic E-state index is -0.925. The average molecular weight is 226 g/mol. The van der Waals surface area contributed by atoms with Gasteiger partial charge in [-0.15, -0.1) is 0 Å². The summed E-state index contributed by atoms with van der Waals surface area (Å²) in [7, 11) is 0. The number of nitrogens with one attached hydrogen (secondary N) is 1. The van der Waals surface area contributed by atoms with Crippen molar-refractivity contribution < 1.29 is 18.7 Å². The SMILES string of the molecule is CC(=O)Nc1ccc(COC(N)=O)cc1F. The molecule has 0 heterocycles. The highest BCUT2D eigenvalue weighted by molar-refractivity contribution is 5.88. The Kier molecular flexibility index (Phi) is 3.82. The molecule has 0 saturated carbocycles. The summed E-state index contributed by atoms with van der Waals surface area (Å²) < 4.78 is 17.8. The third kappa shape index (κ3) is 3.56. The monoisotopic (exact) mass is 226 g/mol. The largest absolute Gasteiger partial charge is 0.445 e. The van der Waals surface area contributed by atoms with Crippen LogP contribution in [0.15, 0.2) is 18.2 Å². The molecule has 1 aromatic carbocycles. The molecule has 2 amide bonds. The van der Waals surface area contributed by atoms with Crippen molar-refractivity contribution in [3.63, 3.8) is 0 Å². The predicted molar refractivity (Wildman–Crippen MR) is 55.1 cm³/mol. The fraction of sp³-hybridized carbons (Fsp3) is 0.200. The van der Waals surface area contributed by atoms with Gasteiger partial charge in [-0.3, -0.25) is 4.79 Å². The highest BCUT2D eigenvalue weighted by atomic mass is 19.1. The molecular formula is C10H11FN2O3. The van der Waals surface area contributed by atoms with E-state index in [1.165, 1.54) is 19.1 Å². The van der Waals surface area contributed by atoms with E-state index in [1.807, 2.05) is 0 Å². The van der Waals surface area contributed by atoms with Gasteiger partial charge in [-0.25, -0.2) is 9.18 Å². The van der Waals surface area contributed by atoms with Gasteiger partial charge in [0.25, 0.3) is 0 Å². The zero-order valence-electron chi connectivity index (χ0n) is 8.62. The van der Waals surface area contributed by atoms with Gasteiger partial charge in [0.2, 0.25) is 5.91 Å². The molecule has 1 rings (SSSR count). The Bertz CT molecular complexity index is 421. The third-order valence-electron chi connectivity index (χ3n) is 1.73. The van der Waals surface area contributed by atoms with E-state index in [4.69, 9.17) is 5.73 Å². The Morgan fingerprint density at radius 1 is 1.50 bits per heavy atom. The van der Waals surface area contributed by atoms with Gasteiger partial charge in [0, 0.05) is 6.92 Å². The normalized spacial score (nSPS) is 9.62. The number of hydrogen-bond donors (Lipinski definition) is 2. The van der Waals surface area contributed by atoms with Crippen LogP contribution in [0.4, 0.5) is 14.9 Å². The third-order valence-corrected chi connectivity index (χ3v) is 1.73. The fourth-order valence-electron chi connectivity index (χ4n) is 1.09. The van der Waals surface area contributed by atoms with Gasteiger partial charge in [0.05, 0.1) is 5.69 Å². The van der Waals surface area contributed by atoms with E-state index in [1.54, 1.807) is 0 Å². The number of carbonyl (C=O) groups excluding carboxylic acids is 2. The standard InChI is InChI=1S/C10H11FN2O3/c1-6(14)13-9-3-2-7(4-8(9)11)5-16-10(12)15/h2-4H,5H2,1H3,(H2,12,15)(H,13,14). The Morgan fingerprint density at radius 2 is 2.19 bits per heavy atom. The molecule has 0 saturated heterocycles. The number of carbonyl (C=O) groups is 2. The minimum Gasteiger partial charge on any atom is -0.445 e. The average Bonchev–Trinajstić information content (AvgIpc) is 2.18. The molecule has 3 N–H and O–H groups in total. The zero-order chi connectivity index (χ0) is 12.1. The molecule has 0 aromatic heterocycles. The summed E-state index contributed by atoms with van der Waals surface area (Å²) >= 11 is 0. The van der Waals surface area contributed by atoms with Crippen molar-refractivity contribution in [2.24, 2.45) is 5.73 Å². The summed E-state index contributed by atoms with van der Waals surface area (Å²) in [6.45, 7) is 1.18. The lowest BCUT2D eigenvalue weighted by Crippen LogP contribution is -2.13. The van der Waals surface area contributed by atoms with Crippen molar-refractivity contribution in [1.29, 1.82) is 0 Å². The Morgan fingerprint density at radius 3 is 2.69 bits per heavy atom. The molecule has 0 unspecified atom stereocenters. The molecule has 5 nitrogen and oxygen atoms in total.